The van der Waals surface area contributed by atoms with E-state index in [2.05, 4.69) is 43.5 Å². The third-order valence-corrected chi connectivity index (χ3v) is 4.18. The maximum atomic E-state index is 12.2. The van der Waals surface area contributed by atoms with Crippen LogP contribution in [-0.2, 0) is 16.0 Å². The van der Waals surface area contributed by atoms with Gasteiger partial charge in [-0.15, -0.1) is 0 Å². The van der Waals surface area contributed by atoms with Gasteiger partial charge in [0.15, 0.2) is 0 Å². The lowest BCUT2D eigenvalue weighted by molar-refractivity contribution is -0.129. The standard InChI is InChI=1S/C19H29N3O2/c1-19(2,3)21-11-10-20-18(24)16-13-17(23)22(14-16)12-9-15-7-5-4-6-8-15/h4-8,16,21H,9-14H2,1-3H3,(H,20,24)/t16-/m1/s1. The minimum atomic E-state index is -0.220. The number of hydrogen-bond acceptors (Lipinski definition) is 3. The molecule has 1 aliphatic rings. The van der Waals surface area contributed by atoms with E-state index in [1.165, 1.54) is 5.56 Å². The minimum Gasteiger partial charge on any atom is -0.355 e. The molecule has 1 aliphatic heterocycles. The van der Waals surface area contributed by atoms with Crippen LogP contribution in [0.1, 0.15) is 32.8 Å². The van der Waals surface area contributed by atoms with E-state index in [0.717, 1.165) is 13.0 Å². The van der Waals surface area contributed by atoms with Crippen LogP contribution in [0.25, 0.3) is 0 Å². The second-order valence-electron chi connectivity index (χ2n) is 7.44. The number of rotatable bonds is 7. The normalized spacial score (nSPS) is 18.0. The van der Waals surface area contributed by atoms with E-state index in [1.807, 2.05) is 23.1 Å². The molecule has 1 aromatic rings. The van der Waals surface area contributed by atoms with Crippen molar-refractivity contribution in [1.82, 2.24) is 15.5 Å². The molecule has 1 fully saturated rings. The van der Waals surface area contributed by atoms with Gasteiger partial charge in [-0.25, -0.2) is 0 Å². The Morgan fingerprint density at radius 1 is 1.21 bits per heavy atom. The molecule has 132 valence electrons. The summed E-state index contributed by atoms with van der Waals surface area (Å²) in [5, 5.41) is 6.26. The number of carbonyl (C=O) groups is 2. The Morgan fingerprint density at radius 3 is 2.58 bits per heavy atom. The van der Waals surface area contributed by atoms with Gasteiger partial charge in [0.05, 0.1) is 5.92 Å². The van der Waals surface area contributed by atoms with Crippen molar-refractivity contribution in [2.24, 2.45) is 5.92 Å². The molecule has 0 spiro atoms. The zero-order valence-electron chi connectivity index (χ0n) is 15.0. The molecule has 0 radical (unpaired) electrons. The van der Waals surface area contributed by atoms with Crippen LogP contribution in [0.15, 0.2) is 30.3 Å². The molecule has 1 aromatic carbocycles. The first-order valence-corrected chi connectivity index (χ1v) is 8.69. The number of likely N-dealkylation sites (tertiary alicyclic amines) is 1. The zero-order valence-corrected chi connectivity index (χ0v) is 15.0. The van der Waals surface area contributed by atoms with Crippen molar-refractivity contribution < 1.29 is 9.59 Å². The molecule has 2 amide bonds. The Morgan fingerprint density at radius 2 is 1.92 bits per heavy atom. The minimum absolute atomic E-state index is 0.0127. The molecule has 2 N–H and O–H groups in total. The molecular weight excluding hydrogens is 302 g/mol. The summed E-state index contributed by atoms with van der Waals surface area (Å²) in [5.74, 6) is -0.150. The van der Waals surface area contributed by atoms with E-state index >= 15 is 0 Å². The first-order chi connectivity index (χ1) is 11.3. The average molecular weight is 331 g/mol. The zero-order chi connectivity index (χ0) is 17.6. The highest BCUT2D eigenvalue weighted by atomic mass is 16.2. The molecule has 0 unspecified atom stereocenters. The first kappa shape index (κ1) is 18.5. The third-order valence-electron chi connectivity index (χ3n) is 4.18. The summed E-state index contributed by atoms with van der Waals surface area (Å²) < 4.78 is 0. The van der Waals surface area contributed by atoms with Crippen molar-refractivity contribution in [2.75, 3.05) is 26.2 Å². The molecule has 0 aliphatic carbocycles. The highest BCUT2D eigenvalue weighted by molar-refractivity contribution is 5.89. The van der Waals surface area contributed by atoms with Gasteiger partial charge in [-0.2, -0.15) is 0 Å². The maximum Gasteiger partial charge on any atom is 0.225 e. The van der Waals surface area contributed by atoms with Crippen molar-refractivity contribution in [3.05, 3.63) is 35.9 Å². The lowest BCUT2D eigenvalue weighted by Gasteiger charge is -2.21. The summed E-state index contributed by atoms with van der Waals surface area (Å²) in [4.78, 5) is 26.1. The van der Waals surface area contributed by atoms with Crippen LogP contribution in [0.3, 0.4) is 0 Å². The summed E-state index contributed by atoms with van der Waals surface area (Å²) in [7, 11) is 0. The molecule has 2 rings (SSSR count). The van der Waals surface area contributed by atoms with Crippen molar-refractivity contribution in [3.8, 4) is 0 Å². The van der Waals surface area contributed by atoms with E-state index in [1.54, 1.807) is 0 Å². The van der Waals surface area contributed by atoms with Crippen LogP contribution in [0.4, 0.5) is 0 Å². The number of hydrogen-bond donors (Lipinski definition) is 2. The summed E-state index contributed by atoms with van der Waals surface area (Å²) in [6, 6.07) is 10.1. The molecule has 5 heteroatoms. The molecule has 1 heterocycles. The van der Waals surface area contributed by atoms with Crippen LogP contribution < -0.4 is 10.6 Å². The number of nitrogens with zero attached hydrogens (tertiary/aromatic N) is 1. The number of carbonyl (C=O) groups excluding carboxylic acids is 2. The van der Waals surface area contributed by atoms with Crippen molar-refractivity contribution in [3.63, 3.8) is 0 Å². The molecule has 5 nitrogen and oxygen atoms in total. The molecule has 1 saturated heterocycles. The van der Waals surface area contributed by atoms with Gasteiger partial charge in [0.2, 0.25) is 11.8 Å². The predicted molar refractivity (Wildman–Crippen MR) is 95.6 cm³/mol. The van der Waals surface area contributed by atoms with E-state index in [9.17, 15) is 9.59 Å². The maximum absolute atomic E-state index is 12.2. The van der Waals surface area contributed by atoms with Crippen LogP contribution >= 0.6 is 0 Å². The van der Waals surface area contributed by atoms with Gasteiger partial charge in [-0.05, 0) is 32.8 Å². The predicted octanol–water partition coefficient (Wildman–Crippen LogP) is 1.58. The Hall–Kier alpha value is -1.88. The topological polar surface area (TPSA) is 61.4 Å². The fourth-order valence-corrected chi connectivity index (χ4v) is 2.84. The Balaban J connectivity index is 1.72. The Kier molecular flexibility index (Phi) is 6.37. The van der Waals surface area contributed by atoms with Crippen LogP contribution in [0.5, 0.6) is 0 Å². The highest BCUT2D eigenvalue weighted by Gasteiger charge is 2.33. The van der Waals surface area contributed by atoms with Crippen LogP contribution in [0, 0.1) is 5.92 Å². The van der Waals surface area contributed by atoms with Gasteiger partial charge in [-0.1, -0.05) is 30.3 Å². The monoisotopic (exact) mass is 331 g/mol. The van der Waals surface area contributed by atoms with E-state index in [4.69, 9.17) is 0 Å². The summed E-state index contributed by atoms with van der Waals surface area (Å²) in [5.41, 5.74) is 1.26. The quantitative estimate of drug-likeness (QED) is 0.746. The summed E-state index contributed by atoms with van der Waals surface area (Å²) in [6.07, 6.45) is 1.16. The lowest BCUT2D eigenvalue weighted by atomic mass is 10.1. The summed E-state index contributed by atoms with van der Waals surface area (Å²) >= 11 is 0. The molecule has 1 atom stereocenters. The Labute approximate surface area is 144 Å². The number of nitrogens with one attached hydrogen (secondary N) is 2. The smallest absolute Gasteiger partial charge is 0.225 e. The van der Waals surface area contributed by atoms with Gasteiger partial charge in [0.1, 0.15) is 0 Å². The van der Waals surface area contributed by atoms with Crippen molar-refractivity contribution in [1.29, 1.82) is 0 Å². The fourth-order valence-electron chi connectivity index (χ4n) is 2.84. The largest absolute Gasteiger partial charge is 0.355 e. The third kappa shape index (κ3) is 5.96. The van der Waals surface area contributed by atoms with Crippen molar-refractivity contribution >= 4 is 11.8 Å². The van der Waals surface area contributed by atoms with Crippen molar-refractivity contribution in [2.45, 2.75) is 39.2 Å². The average Bonchev–Trinajstić information content (AvgIpc) is 2.90. The second kappa shape index (κ2) is 8.29. The van der Waals surface area contributed by atoms with Crippen LogP contribution in [-0.4, -0.2) is 48.4 Å². The van der Waals surface area contributed by atoms with Crippen LogP contribution in [0.2, 0.25) is 0 Å². The molecule has 0 bridgehead atoms. The number of amides is 2. The molecular formula is C19H29N3O2. The second-order valence-corrected chi connectivity index (χ2v) is 7.44. The molecule has 0 saturated carbocycles. The van der Waals surface area contributed by atoms with Gasteiger partial charge >= 0.3 is 0 Å². The first-order valence-electron chi connectivity index (χ1n) is 8.69. The van der Waals surface area contributed by atoms with Gasteiger partial charge < -0.3 is 15.5 Å². The van der Waals surface area contributed by atoms with E-state index in [0.29, 0.717) is 26.1 Å². The van der Waals surface area contributed by atoms with E-state index < -0.39 is 0 Å². The van der Waals surface area contributed by atoms with Gasteiger partial charge in [0, 0.05) is 38.1 Å². The fraction of sp³-hybridized carbons (Fsp3) is 0.579. The van der Waals surface area contributed by atoms with E-state index in [-0.39, 0.29) is 23.3 Å². The lowest BCUT2D eigenvalue weighted by Crippen LogP contribution is -2.42. The van der Waals surface area contributed by atoms with Gasteiger partial charge in [-0.3, -0.25) is 9.59 Å². The Bertz CT molecular complexity index is 551. The number of benzene rings is 1. The molecule has 0 aromatic heterocycles. The summed E-state index contributed by atoms with van der Waals surface area (Å²) in [6.45, 7) is 8.81. The molecule has 24 heavy (non-hydrogen) atoms. The van der Waals surface area contributed by atoms with Gasteiger partial charge in [0.25, 0.3) is 0 Å². The SMILES string of the molecule is CC(C)(C)NCCNC(=O)[C@@H]1CC(=O)N(CCc2ccccc2)C1. The highest BCUT2D eigenvalue weighted by Crippen LogP contribution is 2.18.